The van der Waals surface area contributed by atoms with Gasteiger partial charge in [-0.2, -0.15) is 0 Å². The lowest BCUT2D eigenvalue weighted by Crippen LogP contribution is -2.35. The number of halogens is 1. The Kier molecular flexibility index (Phi) is 2.51. The molecule has 2 N–H and O–H groups in total. The van der Waals surface area contributed by atoms with Gasteiger partial charge in [-0.3, -0.25) is 0 Å². The third-order valence-electron chi connectivity index (χ3n) is 3.67. The maximum Gasteiger partial charge on any atom is 0.131 e. The summed E-state index contributed by atoms with van der Waals surface area (Å²) in [7, 11) is 0. The van der Waals surface area contributed by atoms with Gasteiger partial charge in [0.15, 0.2) is 0 Å². The molecule has 0 atom stereocenters. The Morgan fingerprint density at radius 2 is 2.00 bits per heavy atom. The first kappa shape index (κ1) is 10.7. The van der Waals surface area contributed by atoms with Crippen molar-refractivity contribution in [2.75, 3.05) is 0 Å². The molecule has 1 aromatic heterocycles. The van der Waals surface area contributed by atoms with Crippen LogP contribution in [0.25, 0.3) is 0 Å². The Morgan fingerprint density at radius 3 is 2.62 bits per heavy atom. The van der Waals surface area contributed by atoms with Gasteiger partial charge in [-0.25, -0.2) is 9.97 Å². The highest BCUT2D eigenvalue weighted by Crippen LogP contribution is 2.42. The molecule has 0 amide bonds. The first-order valence-electron chi connectivity index (χ1n) is 6.01. The van der Waals surface area contributed by atoms with E-state index in [1.54, 1.807) is 0 Å². The fourth-order valence-electron chi connectivity index (χ4n) is 2.51. The van der Waals surface area contributed by atoms with Gasteiger partial charge in [-0.15, -0.1) is 0 Å². The minimum Gasteiger partial charge on any atom is -0.320 e. The summed E-state index contributed by atoms with van der Waals surface area (Å²) in [5.41, 5.74) is 7.26. The Morgan fingerprint density at radius 1 is 1.31 bits per heavy atom. The van der Waals surface area contributed by atoms with Crippen LogP contribution < -0.4 is 5.73 Å². The highest BCUT2D eigenvalue weighted by molar-refractivity contribution is 9.10. The summed E-state index contributed by atoms with van der Waals surface area (Å²) >= 11 is 3.54. The van der Waals surface area contributed by atoms with E-state index >= 15 is 0 Å². The first-order valence-corrected chi connectivity index (χ1v) is 6.80. The van der Waals surface area contributed by atoms with Crippen LogP contribution in [0.2, 0.25) is 0 Å². The van der Waals surface area contributed by atoms with E-state index in [9.17, 15) is 0 Å². The van der Waals surface area contributed by atoms with Crippen molar-refractivity contribution in [2.24, 2.45) is 5.73 Å². The number of hydrogen-bond donors (Lipinski definition) is 1. The van der Waals surface area contributed by atoms with Crippen LogP contribution in [0, 0.1) is 0 Å². The molecule has 2 aliphatic rings. The molecule has 0 radical (unpaired) electrons. The van der Waals surface area contributed by atoms with Crippen LogP contribution in [0.4, 0.5) is 0 Å². The average molecular weight is 282 g/mol. The zero-order chi connectivity index (χ0) is 11.2. The number of hydrogen-bond acceptors (Lipinski definition) is 3. The van der Waals surface area contributed by atoms with E-state index in [0.29, 0.717) is 5.92 Å². The molecule has 4 heteroatoms. The summed E-state index contributed by atoms with van der Waals surface area (Å²) in [6.07, 6.45) is 8.87. The van der Waals surface area contributed by atoms with Gasteiger partial charge in [0.05, 0.1) is 15.7 Å². The van der Waals surface area contributed by atoms with Crippen LogP contribution in [0.1, 0.15) is 56.0 Å². The molecule has 1 heterocycles. The van der Waals surface area contributed by atoms with Crippen molar-refractivity contribution in [1.82, 2.24) is 9.97 Å². The summed E-state index contributed by atoms with van der Waals surface area (Å²) < 4.78 is 0.973. The predicted octanol–water partition coefficient (Wildman–Crippen LogP) is 2.84. The third kappa shape index (κ3) is 1.78. The van der Waals surface area contributed by atoms with Crippen molar-refractivity contribution < 1.29 is 0 Å². The number of nitrogens with zero attached hydrogens (tertiary/aromatic N) is 2. The molecule has 0 bridgehead atoms. The highest BCUT2D eigenvalue weighted by atomic mass is 79.9. The van der Waals surface area contributed by atoms with E-state index in [2.05, 4.69) is 20.9 Å². The predicted molar refractivity (Wildman–Crippen MR) is 66.0 cm³/mol. The molecule has 86 valence electrons. The van der Waals surface area contributed by atoms with Gasteiger partial charge in [0, 0.05) is 12.1 Å². The molecule has 16 heavy (non-hydrogen) atoms. The van der Waals surface area contributed by atoms with Gasteiger partial charge in [-0.1, -0.05) is 12.8 Å². The third-order valence-corrected chi connectivity index (χ3v) is 4.25. The molecule has 1 aromatic rings. The lowest BCUT2D eigenvalue weighted by atomic mass is 9.94. The van der Waals surface area contributed by atoms with Crippen molar-refractivity contribution in [1.29, 1.82) is 0 Å². The Labute approximate surface area is 104 Å². The molecule has 0 spiro atoms. The van der Waals surface area contributed by atoms with Gasteiger partial charge in [0.2, 0.25) is 0 Å². The Hall–Kier alpha value is -0.480. The van der Waals surface area contributed by atoms with Gasteiger partial charge in [-0.05, 0) is 41.6 Å². The second-order valence-electron chi connectivity index (χ2n) is 5.06. The highest BCUT2D eigenvalue weighted by Gasteiger charge is 2.36. The van der Waals surface area contributed by atoms with E-state index in [-0.39, 0.29) is 5.54 Å². The summed E-state index contributed by atoms with van der Waals surface area (Å²) in [4.78, 5) is 9.09. The Balaban J connectivity index is 2.00. The molecule has 2 aliphatic carbocycles. The lowest BCUT2D eigenvalue weighted by molar-refractivity contribution is 0.441. The fourth-order valence-corrected chi connectivity index (χ4v) is 3.10. The molecule has 3 nitrogen and oxygen atoms in total. The SMILES string of the molecule is NC1(c2nc(C3CC3)ncc2Br)CCCC1. The average Bonchev–Trinajstić information content (AvgIpc) is 3.02. The maximum atomic E-state index is 6.45. The van der Waals surface area contributed by atoms with Crippen LogP contribution in [-0.2, 0) is 5.54 Å². The van der Waals surface area contributed by atoms with E-state index in [4.69, 9.17) is 10.7 Å². The van der Waals surface area contributed by atoms with Crippen LogP contribution in [0.3, 0.4) is 0 Å². The molecule has 2 saturated carbocycles. The standard InChI is InChI=1S/C12H16BrN3/c13-9-7-15-11(8-3-4-8)16-10(9)12(14)5-1-2-6-12/h7-8H,1-6,14H2. The number of rotatable bonds is 2. The normalized spacial score (nSPS) is 23.6. The topological polar surface area (TPSA) is 51.8 Å². The van der Waals surface area contributed by atoms with Crippen LogP contribution in [0.15, 0.2) is 10.7 Å². The largest absolute Gasteiger partial charge is 0.320 e. The zero-order valence-corrected chi connectivity index (χ0v) is 10.8. The van der Waals surface area contributed by atoms with Crippen molar-refractivity contribution in [3.63, 3.8) is 0 Å². The van der Waals surface area contributed by atoms with Crippen molar-refractivity contribution in [2.45, 2.75) is 50.0 Å². The summed E-state index contributed by atoms with van der Waals surface area (Å²) in [6, 6.07) is 0. The number of nitrogens with two attached hydrogens (primary N) is 1. The minimum absolute atomic E-state index is 0.217. The fraction of sp³-hybridized carbons (Fsp3) is 0.667. The van der Waals surface area contributed by atoms with Crippen LogP contribution in [0.5, 0.6) is 0 Å². The van der Waals surface area contributed by atoms with E-state index < -0.39 is 0 Å². The van der Waals surface area contributed by atoms with Gasteiger partial charge >= 0.3 is 0 Å². The van der Waals surface area contributed by atoms with Crippen molar-refractivity contribution in [3.8, 4) is 0 Å². The second kappa shape index (κ2) is 3.77. The number of aromatic nitrogens is 2. The summed E-state index contributed by atoms with van der Waals surface area (Å²) in [6.45, 7) is 0. The van der Waals surface area contributed by atoms with E-state index in [1.165, 1.54) is 25.7 Å². The van der Waals surface area contributed by atoms with Crippen molar-refractivity contribution >= 4 is 15.9 Å². The van der Waals surface area contributed by atoms with Crippen LogP contribution in [-0.4, -0.2) is 9.97 Å². The van der Waals surface area contributed by atoms with Gasteiger partial charge in [0.25, 0.3) is 0 Å². The van der Waals surface area contributed by atoms with Gasteiger partial charge in [0.1, 0.15) is 5.82 Å². The Bertz CT molecular complexity index is 409. The molecule has 0 aliphatic heterocycles. The summed E-state index contributed by atoms with van der Waals surface area (Å²) in [5, 5.41) is 0. The second-order valence-corrected chi connectivity index (χ2v) is 5.92. The quantitative estimate of drug-likeness (QED) is 0.907. The smallest absolute Gasteiger partial charge is 0.131 e. The first-order chi connectivity index (χ1) is 7.69. The van der Waals surface area contributed by atoms with E-state index in [0.717, 1.165) is 28.8 Å². The van der Waals surface area contributed by atoms with Gasteiger partial charge < -0.3 is 5.73 Å². The molecule has 2 fully saturated rings. The molecule has 3 rings (SSSR count). The monoisotopic (exact) mass is 281 g/mol. The molecule has 0 aromatic carbocycles. The molecular weight excluding hydrogens is 266 g/mol. The molecule has 0 unspecified atom stereocenters. The maximum absolute atomic E-state index is 6.45. The molecular formula is C12H16BrN3. The van der Waals surface area contributed by atoms with Crippen molar-refractivity contribution in [3.05, 3.63) is 22.2 Å². The summed E-state index contributed by atoms with van der Waals surface area (Å²) in [5.74, 6) is 1.59. The van der Waals surface area contributed by atoms with E-state index in [1.807, 2.05) is 6.20 Å². The lowest BCUT2D eigenvalue weighted by Gasteiger charge is -2.24. The minimum atomic E-state index is -0.217. The zero-order valence-electron chi connectivity index (χ0n) is 9.25. The van der Waals surface area contributed by atoms with Crippen LogP contribution >= 0.6 is 15.9 Å². The molecule has 0 saturated heterocycles.